The van der Waals surface area contributed by atoms with E-state index in [1.54, 1.807) is 0 Å². The highest BCUT2D eigenvalue weighted by Crippen LogP contribution is 2.24. The van der Waals surface area contributed by atoms with E-state index in [1.807, 2.05) is 0 Å². The molecule has 2 rings (SSSR count). The molecule has 2 aliphatic rings. The van der Waals surface area contributed by atoms with Gasteiger partial charge in [0.1, 0.15) is 0 Å². The van der Waals surface area contributed by atoms with Crippen LogP contribution in [0.4, 0.5) is 0 Å². The standard InChI is InChI=1S/C13H26N2.ClH/c1-11-9-12(2)15(10-11)8-5-13-3-6-14-7-4-13;/h11-14H,3-10H2,1-2H3;1H. The minimum absolute atomic E-state index is 0. The molecule has 1 N–H and O–H groups in total. The maximum absolute atomic E-state index is 3.44. The summed E-state index contributed by atoms with van der Waals surface area (Å²) in [4.78, 5) is 2.70. The van der Waals surface area contributed by atoms with Gasteiger partial charge >= 0.3 is 0 Å². The summed E-state index contributed by atoms with van der Waals surface area (Å²) in [6.07, 6.45) is 5.64. The predicted molar refractivity (Wildman–Crippen MR) is 72.3 cm³/mol. The molecule has 2 heterocycles. The normalized spacial score (nSPS) is 32.6. The monoisotopic (exact) mass is 246 g/mol. The van der Waals surface area contributed by atoms with Gasteiger partial charge in [-0.25, -0.2) is 0 Å². The number of rotatable bonds is 3. The zero-order valence-electron chi connectivity index (χ0n) is 10.7. The third-order valence-corrected chi connectivity index (χ3v) is 4.20. The van der Waals surface area contributed by atoms with Crippen LogP contribution in [0.1, 0.15) is 39.5 Å². The van der Waals surface area contributed by atoms with Crippen LogP contribution in [0.5, 0.6) is 0 Å². The van der Waals surface area contributed by atoms with E-state index in [1.165, 1.54) is 51.9 Å². The van der Waals surface area contributed by atoms with E-state index in [0.717, 1.165) is 17.9 Å². The van der Waals surface area contributed by atoms with Gasteiger partial charge in [0, 0.05) is 12.6 Å². The summed E-state index contributed by atoms with van der Waals surface area (Å²) in [5.41, 5.74) is 0. The lowest BCUT2D eigenvalue weighted by molar-refractivity contribution is 0.228. The van der Waals surface area contributed by atoms with Crippen LogP contribution in [-0.2, 0) is 0 Å². The number of halogens is 1. The van der Waals surface area contributed by atoms with Crippen molar-refractivity contribution in [2.24, 2.45) is 11.8 Å². The lowest BCUT2D eigenvalue weighted by atomic mass is 9.94. The molecule has 0 aromatic rings. The van der Waals surface area contributed by atoms with Crippen molar-refractivity contribution in [1.82, 2.24) is 10.2 Å². The van der Waals surface area contributed by atoms with Crippen molar-refractivity contribution in [3.05, 3.63) is 0 Å². The number of nitrogens with zero attached hydrogens (tertiary/aromatic N) is 1. The summed E-state index contributed by atoms with van der Waals surface area (Å²) < 4.78 is 0. The minimum atomic E-state index is 0. The molecule has 2 unspecified atom stereocenters. The van der Waals surface area contributed by atoms with E-state index in [4.69, 9.17) is 0 Å². The molecule has 0 amide bonds. The summed E-state index contributed by atoms with van der Waals surface area (Å²) in [5, 5.41) is 3.44. The number of piperidine rings is 1. The van der Waals surface area contributed by atoms with E-state index in [-0.39, 0.29) is 12.4 Å². The van der Waals surface area contributed by atoms with Crippen LogP contribution in [0, 0.1) is 11.8 Å². The van der Waals surface area contributed by atoms with Crippen molar-refractivity contribution >= 4 is 12.4 Å². The van der Waals surface area contributed by atoms with Crippen LogP contribution >= 0.6 is 12.4 Å². The lowest BCUT2D eigenvalue weighted by Crippen LogP contribution is -2.33. The van der Waals surface area contributed by atoms with Crippen LogP contribution in [0.2, 0.25) is 0 Å². The van der Waals surface area contributed by atoms with Crippen molar-refractivity contribution in [2.75, 3.05) is 26.2 Å². The van der Waals surface area contributed by atoms with Gasteiger partial charge < -0.3 is 10.2 Å². The summed E-state index contributed by atoms with van der Waals surface area (Å²) in [7, 11) is 0. The molecule has 2 aliphatic heterocycles. The van der Waals surface area contributed by atoms with E-state index in [0.29, 0.717) is 0 Å². The summed E-state index contributed by atoms with van der Waals surface area (Å²) in [6, 6.07) is 0.835. The zero-order valence-corrected chi connectivity index (χ0v) is 11.6. The summed E-state index contributed by atoms with van der Waals surface area (Å²) >= 11 is 0. The molecule has 2 nitrogen and oxygen atoms in total. The highest BCUT2D eigenvalue weighted by atomic mass is 35.5. The molecule has 0 saturated carbocycles. The number of likely N-dealkylation sites (tertiary alicyclic amines) is 1. The largest absolute Gasteiger partial charge is 0.317 e. The van der Waals surface area contributed by atoms with Gasteiger partial charge in [-0.3, -0.25) is 0 Å². The van der Waals surface area contributed by atoms with Gasteiger partial charge in [0.25, 0.3) is 0 Å². The molecule has 2 saturated heterocycles. The van der Waals surface area contributed by atoms with Crippen molar-refractivity contribution in [2.45, 2.75) is 45.6 Å². The van der Waals surface area contributed by atoms with Gasteiger partial charge in [0.05, 0.1) is 0 Å². The highest BCUT2D eigenvalue weighted by Gasteiger charge is 2.26. The molecule has 0 radical (unpaired) electrons. The molecule has 96 valence electrons. The molecule has 0 bridgehead atoms. The maximum Gasteiger partial charge on any atom is 0.00700 e. The van der Waals surface area contributed by atoms with Crippen LogP contribution in [0.3, 0.4) is 0 Å². The first-order valence-corrected chi connectivity index (χ1v) is 6.70. The molecule has 0 aromatic heterocycles. The quantitative estimate of drug-likeness (QED) is 0.824. The Labute approximate surface area is 107 Å². The average Bonchev–Trinajstić information content (AvgIpc) is 2.56. The van der Waals surface area contributed by atoms with Gasteiger partial charge in [-0.05, 0) is 64.1 Å². The van der Waals surface area contributed by atoms with Crippen molar-refractivity contribution < 1.29 is 0 Å². The second-order valence-corrected chi connectivity index (χ2v) is 5.67. The van der Waals surface area contributed by atoms with Crippen LogP contribution < -0.4 is 5.32 Å². The second-order valence-electron chi connectivity index (χ2n) is 5.67. The first-order chi connectivity index (χ1) is 7.25. The van der Waals surface area contributed by atoms with Crippen molar-refractivity contribution in [3.8, 4) is 0 Å². The molecular formula is C13H27ClN2. The third-order valence-electron chi connectivity index (χ3n) is 4.20. The van der Waals surface area contributed by atoms with Crippen LogP contribution in [0.25, 0.3) is 0 Å². The maximum atomic E-state index is 3.44. The molecule has 2 fully saturated rings. The van der Waals surface area contributed by atoms with Crippen LogP contribution in [-0.4, -0.2) is 37.1 Å². The third kappa shape index (κ3) is 3.90. The van der Waals surface area contributed by atoms with Crippen LogP contribution in [0.15, 0.2) is 0 Å². The summed E-state index contributed by atoms with van der Waals surface area (Å²) in [6.45, 7) is 9.96. The first kappa shape index (κ1) is 14.3. The van der Waals surface area contributed by atoms with E-state index < -0.39 is 0 Å². The van der Waals surface area contributed by atoms with Crippen molar-refractivity contribution in [3.63, 3.8) is 0 Å². The minimum Gasteiger partial charge on any atom is -0.317 e. The zero-order chi connectivity index (χ0) is 10.7. The Morgan fingerprint density at radius 3 is 2.44 bits per heavy atom. The van der Waals surface area contributed by atoms with Gasteiger partial charge in [0.15, 0.2) is 0 Å². The fraction of sp³-hybridized carbons (Fsp3) is 1.00. The van der Waals surface area contributed by atoms with E-state index >= 15 is 0 Å². The average molecular weight is 247 g/mol. The Morgan fingerprint density at radius 1 is 1.19 bits per heavy atom. The Balaban J connectivity index is 0.00000128. The molecular weight excluding hydrogens is 220 g/mol. The van der Waals surface area contributed by atoms with Crippen molar-refractivity contribution in [1.29, 1.82) is 0 Å². The van der Waals surface area contributed by atoms with E-state index in [2.05, 4.69) is 24.1 Å². The molecule has 0 aromatic carbocycles. The van der Waals surface area contributed by atoms with E-state index in [9.17, 15) is 0 Å². The molecule has 0 aliphatic carbocycles. The Hall–Kier alpha value is 0.210. The highest BCUT2D eigenvalue weighted by molar-refractivity contribution is 5.85. The Kier molecular flexibility index (Phi) is 6.09. The second kappa shape index (κ2) is 6.83. The number of hydrogen-bond donors (Lipinski definition) is 1. The summed E-state index contributed by atoms with van der Waals surface area (Å²) in [5.74, 6) is 1.92. The van der Waals surface area contributed by atoms with Gasteiger partial charge in [-0.2, -0.15) is 0 Å². The lowest BCUT2D eigenvalue weighted by Gasteiger charge is -2.27. The molecule has 16 heavy (non-hydrogen) atoms. The Morgan fingerprint density at radius 2 is 1.88 bits per heavy atom. The van der Waals surface area contributed by atoms with Gasteiger partial charge in [-0.1, -0.05) is 6.92 Å². The fourth-order valence-electron chi connectivity index (χ4n) is 3.22. The fourth-order valence-corrected chi connectivity index (χ4v) is 3.22. The van der Waals surface area contributed by atoms with Gasteiger partial charge in [0.2, 0.25) is 0 Å². The first-order valence-electron chi connectivity index (χ1n) is 6.70. The smallest absolute Gasteiger partial charge is 0.00700 e. The Bertz CT molecular complexity index is 192. The van der Waals surface area contributed by atoms with Gasteiger partial charge in [-0.15, -0.1) is 12.4 Å². The number of nitrogens with one attached hydrogen (secondary N) is 1. The number of hydrogen-bond acceptors (Lipinski definition) is 2. The molecule has 3 heteroatoms. The molecule has 0 spiro atoms. The SMILES string of the molecule is CC1CC(C)N(CCC2CCNCC2)C1.Cl. The predicted octanol–water partition coefficient (Wildman–Crippen LogP) is 2.53. The topological polar surface area (TPSA) is 15.3 Å². The molecule has 2 atom stereocenters.